The van der Waals surface area contributed by atoms with Crippen molar-refractivity contribution in [2.24, 2.45) is 0 Å². The van der Waals surface area contributed by atoms with E-state index < -0.39 is 11.8 Å². The summed E-state index contributed by atoms with van der Waals surface area (Å²) in [5.41, 5.74) is 2.93. The molecular weight excluding hydrogens is 268 g/mol. The van der Waals surface area contributed by atoms with E-state index in [-0.39, 0.29) is 5.75 Å². The predicted octanol–water partition coefficient (Wildman–Crippen LogP) is 2.59. The summed E-state index contributed by atoms with van der Waals surface area (Å²) >= 11 is 0. The molecule has 0 aliphatic carbocycles. The number of rotatable bonds is 2. The number of anilines is 2. The Bertz CT molecular complexity index is 678. The van der Waals surface area contributed by atoms with E-state index in [2.05, 4.69) is 10.6 Å². The summed E-state index contributed by atoms with van der Waals surface area (Å²) in [7, 11) is 0. The molecule has 0 heterocycles. The Balaban J connectivity index is 2.04. The summed E-state index contributed by atoms with van der Waals surface area (Å²) in [6.45, 7) is 3.76. The van der Waals surface area contributed by atoms with Gasteiger partial charge in [-0.25, -0.2) is 0 Å². The van der Waals surface area contributed by atoms with Gasteiger partial charge in [-0.1, -0.05) is 12.1 Å². The fourth-order valence-electron chi connectivity index (χ4n) is 1.78. The topological polar surface area (TPSA) is 78.4 Å². The van der Waals surface area contributed by atoms with Crippen LogP contribution in [0.5, 0.6) is 5.75 Å². The summed E-state index contributed by atoms with van der Waals surface area (Å²) in [6.07, 6.45) is 0. The number of benzene rings is 2. The third kappa shape index (κ3) is 3.82. The predicted molar refractivity (Wildman–Crippen MR) is 81.3 cm³/mol. The lowest BCUT2D eigenvalue weighted by Gasteiger charge is -2.09. The number of aryl methyl sites for hydroxylation is 2. The molecule has 0 bridgehead atoms. The average Bonchev–Trinajstić information content (AvgIpc) is 2.45. The maximum atomic E-state index is 11.9. The lowest BCUT2D eigenvalue weighted by atomic mass is 10.1. The van der Waals surface area contributed by atoms with Gasteiger partial charge in [-0.05, 0) is 55.3 Å². The van der Waals surface area contributed by atoms with Gasteiger partial charge in [-0.15, -0.1) is 0 Å². The van der Waals surface area contributed by atoms with Crippen LogP contribution < -0.4 is 10.6 Å². The summed E-state index contributed by atoms with van der Waals surface area (Å²) in [4.78, 5) is 23.7. The first-order chi connectivity index (χ1) is 9.95. The molecule has 5 nitrogen and oxygen atoms in total. The van der Waals surface area contributed by atoms with Gasteiger partial charge in [-0.3, -0.25) is 9.59 Å². The van der Waals surface area contributed by atoms with Crippen LogP contribution in [0.2, 0.25) is 0 Å². The van der Waals surface area contributed by atoms with Crippen LogP contribution in [0.1, 0.15) is 11.1 Å². The van der Waals surface area contributed by atoms with Crippen LogP contribution in [-0.4, -0.2) is 16.9 Å². The molecule has 2 aromatic rings. The summed E-state index contributed by atoms with van der Waals surface area (Å²) < 4.78 is 0. The van der Waals surface area contributed by atoms with Gasteiger partial charge in [0.05, 0.1) is 0 Å². The number of carbonyl (C=O) groups is 2. The van der Waals surface area contributed by atoms with E-state index in [9.17, 15) is 9.59 Å². The molecule has 0 spiro atoms. The Kier molecular flexibility index (Phi) is 4.23. The first kappa shape index (κ1) is 14.6. The van der Waals surface area contributed by atoms with E-state index >= 15 is 0 Å². The Labute approximate surface area is 122 Å². The van der Waals surface area contributed by atoms with E-state index in [4.69, 9.17) is 5.11 Å². The first-order valence-corrected chi connectivity index (χ1v) is 6.44. The van der Waals surface area contributed by atoms with Crippen molar-refractivity contribution in [1.82, 2.24) is 0 Å². The van der Waals surface area contributed by atoms with Gasteiger partial charge >= 0.3 is 11.8 Å². The molecular formula is C16H16N2O3. The van der Waals surface area contributed by atoms with E-state index in [1.54, 1.807) is 6.07 Å². The average molecular weight is 284 g/mol. The minimum atomic E-state index is -0.762. The minimum Gasteiger partial charge on any atom is -0.508 e. The molecule has 0 radical (unpaired) electrons. The third-order valence-corrected chi connectivity index (χ3v) is 2.97. The highest BCUT2D eigenvalue weighted by molar-refractivity contribution is 6.43. The normalized spacial score (nSPS) is 10.0. The highest BCUT2D eigenvalue weighted by Crippen LogP contribution is 2.17. The number of phenolic OH excluding ortho intramolecular Hbond substituents is 1. The van der Waals surface area contributed by atoms with Crippen LogP contribution in [0, 0.1) is 13.8 Å². The molecule has 0 saturated heterocycles. The molecule has 0 aromatic heterocycles. The molecule has 21 heavy (non-hydrogen) atoms. The number of nitrogens with one attached hydrogen (secondary N) is 2. The SMILES string of the molecule is Cc1ccc(C)c(NC(=O)C(=O)Nc2ccc(O)cc2)c1. The number of phenols is 1. The van der Waals surface area contributed by atoms with Crippen LogP contribution in [-0.2, 0) is 9.59 Å². The minimum absolute atomic E-state index is 0.0906. The highest BCUT2D eigenvalue weighted by atomic mass is 16.3. The Hall–Kier alpha value is -2.82. The van der Waals surface area contributed by atoms with Gasteiger partial charge < -0.3 is 15.7 Å². The second-order valence-corrected chi connectivity index (χ2v) is 4.77. The van der Waals surface area contributed by atoms with Gasteiger partial charge in [0.15, 0.2) is 0 Å². The second-order valence-electron chi connectivity index (χ2n) is 4.77. The zero-order valence-electron chi connectivity index (χ0n) is 11.8. The molecule has 2 amide bonds. The highest BCUT2D eigenvalue weighted by Gasteiger charge is 2.15. The summed E-state index contributed by atoms with van der Waals surface area (Å²) in [6, 6.07) is 11.5. The van der Waals surface area contributed by atoms with Crippen molar-refractivity contribution < 1.29 is 14.7 Å². The van der Waals surface area contributed by atoms with Crippen molar-refractivity contribution in [2.45, 2.75) is 13.8 Å². The lowest BCUT2D eigenvalue weighted by molar-refractivity contribution is -0.133. The number of aromatic hydroxyl groups is 1. The fourth-order valence-corrected chi connectivity index (χ4v) is 1.78. The molecule has 3 N–H and O–H groups in total. The molecule has 2 rings (SSSR count). The standard InChI is InChI=1S/C16H16N2O3/c1-10-3-4-11(2)14(9-10)18-16(21)15(20)17-12-5-7-13(19)8-6-12/h3-9,19H,1-2H3,(H,17,20)(H,18,21). The Morgan fingerprint density at radius 3 is 2.19 bits per heavy atom. The number of carbonyl (C=O) groups excluding carboxylic acids is 2. The number of amides is 2. The van der Waals surface area contributed by atoms with Crippen LogP contribution in [0.3, 0.4) is 0 Å². The van der Waals surface area contributed by atoms with Crippen molar-refractivity contribution in [3.8, 4) is 5.75 Å². The molecule has 2 aromatic carbocycles. The van der Waals surface area contributed by atoms with Gasteiger partial charge in [0.1, 0.15) is 5.75 Å². The Morgan fingerprint density at radius 2 is 1.52 bits per heavy atom. The number of hydrogen-bond acceptors (Lipinski definition) is 3. The zero-order valence-corrected chi connectivity index (χ0v) is 11.8. The van der Waals surface area contributed by atoms with Crippen LogP contribution >= 0.6 is 0 Å². The van der Waals surface area contributed by atoms with Crippen molar-refractivity contribution in [3.05, 3.63) is 53.6 Å². The number of hydrogen-bond donors (Lipinski definition) is 3. The molecule has 0 unspecified atom stereocenters. The molecule has 0 aliphatic heterocycles. The molecule has 0 fully saturated rings. The molecule has 108 valence electrons. The van der Waals surface area contributed by atoms with E-state index in [0.717, 1.165) is 11.1 Å². The maximum absolute atomic E-state index is 11.9. The van der Waals surface area contributed by atoms with Crippen molar-refractivity contribution in [3.63, 3.8) is 0 Å². The van der Waals surface area contributed by atoms with Gasteiger partial charge in [0, 0.05) is 11.4 Å². The first-order valence-electron chi connectivity index (χ1n) is 6.44. The van der Waals surface area contributed by atoms with Crippen molar-refractivity contribution in [1.29, 1.82) is 0 Å². The van der Waals surface area contributed by atoms with E-state index in [1.807, 2.05) is 26.0 Å². The second kappa shape index (κ2) is 6.09. The molecule has 0 saturated carbocycles. The molecule has 0 aliphatic rings. The quantitative estimate of drug-likeness (QED) is 0.586. The third-order valence-electron chi connectivity index (χ3n) is 2.97. The lowest BCUT2D eigenvalue weighted by Crippen LogP contribution is -2.29. The fraction of sp³-hybridized carbons (Fsp3) is 0.125. The smallest absolute Gasteiger partial charge is 0.314 e. The maximum Gasteiger partial charge on any atom is 0.314 e. The zero-order chi connectivity index (χ0) is 15.4. The summed E-state index contributed by atoms with van der Waals surface area (Å²) in [5.74, 6) is -1.41. The van der Waals surface area contributed by atoms with Gasteiger partial charge in [0.25, 0.3) is 0 Å². The monoisotopic (exact) mass is 284 g/mol. The van der Waals surface area contributed by atoms with Crippen LogP contribution in [0.15, 0.2) is 42.5 Å². The van der Waals surface area contributed by atoms with Gasteiger partial charge in [-0.2, -0.15) is 0 Å². The Morgan fingerprint density at radius 1 is 0.905 bits per heavy atom. The van der Waals surface area contributed by atoms with E-state index in [1.165, 1.54) is 24.3 Å². The van der Waals surface area contributed by atoms with Crippen LogP contribution in [0.25, 0.3) is 0 Å². The van der Waals surface area contributed by atoms with E-state index in [0.29, 0.717) is 11.4 Å². The molecule has 0 atom stereocenters. The van der Waals surface area contributed by atoms with Gasteiger partial charge in [0.2, 0.25) is 0 Å². The van der Waals surface area contributed by atoms with Crippen molar-refractivity contribution >= 4 is 23.2 Å². The summed E-state index contributed by atoms with van der Waals surface area (Å²) in [5, 5.41) is 14.2. The van der Waals surface area contributed by atoms with Crippen molar-refractivity contribution in [2.75, 3.05) is 10.6 Å². The van der Waals surface area contributed by atoms with Crippen LogP contribution in [0.4, 0.5) is 11.4 Å². The largest absolute Gasteiger partial charge is 0.508 e. The molecule has 5 heteroatoms.